The van der Waals surface area contributed by atoms with Crippen molar-refractivity contribution in [2.75, 3.05) is 51.2 Å². The lowest BCUT2D eigenvalue weighted by Gasteiger charge is -2.36. The van der Waals surface area contributed by atoms with Crippen LogP contribution in [0.3, 0.4) is 0 Å². The van der Waals surface area contributed by atoms with E-state index in [0.29, 0.717) is 18.9 Å². The second-order valence-corrected chi connectivity index (χ2v) is 11.1. The number of fused-ring (bicyclic) bond motifs is 1. The third kappa shape index (κ3) is 8.48. The highest BCUT2D eigenvalue weighted by atomic mass is 16.2. The van der Waals surface area contributed by atoms with Crippen LogP contribution in [0.25, 0.3) is 0 Å². The number of para-hydroxylation sites is 1. The van der Waals surface area contributed by atoms with Gasteiger partial charge in [-0.25, -0.2) is 0 Å². The zero-order valence-electron chi connectivity index (χ0n) is 24.2. The van der Waals surface area contributed by atoms with E-state index in [1.807, 2.05) is 32.0 Å². The van der Waals surface area contributed by atoms with Gasteiger partial charge >= 0.3 is 0 Å². The van der Waals surface area contributed by atoms with Gasteiger partial charge in [-0.2, -0.15) is 0 Å². The molecule has 0 atom stereocenters. The van der Waals surface area contributed by atoms with Crippen LogP contribution in [0, 0.1) is 0 Å². The van der Waals surface area contributed by atoms with Gasteiger partial charge in [0, 0.05) is 11.7 Å². The average Bonchev–Trinajstić information content (AvgIpc) is 3.53. The van der Waals surface area contributed by atoms with Crippen LogP contribution in [-0.4, -0.2) is 80.3 Å². The van der Waals surface area contributed by atoms with Crippen LogP contribution in [0.1, 0.15) is 57.6 Å². The van der Waals surface area contributed by atoms with E-state index in [9.17, 15) is 14.4 Å². The van der Waals surface area contributed by atoms with Crippen LogP contribution >= 0.6 is 0 Å². The zero-order valence-corrected chi connectivity index (χ0v) is 24.2. The summed E-state index contributed by atoms with van der Waals surface area (Å²) in [5.41, 5.74) is 3.35. The Bertz CT molecular complexity index is 1060. The van der Waals surface area contributed by atoms with Crippen molar-refractivity contribution in [1.82, 2.24) is 15.1 Å². The molecule has 2 fully saturated rings. The molecule has 0 spiro atoms. The summed E-state index contributed by atoms with van der Waals surface area (Å²) in [6.07, 6.45) is 6.35. The van der Waals surface area contributed by atoms with Gasteiger partial charge in [-0.1, -0.05) is 55.5 Å². The van der Waals surface area contributed by atoms with Gasteiger partial charge in [0.25, 0.3) is 0 Å². The van der Waals surface area contributed by atoms with Crippen molar-refractivity contribution in [3.05, 3.63) is 65.7 Å². The molecule has 0 aliphatic carbocycles. The maximum atomic E-state index is 12.8. The second kappa shape index (κ2) is 14.9. The number of nitrogens with one attached hydrogen (secondary N) is 1. The molecule has 2 aromatic rings. The van der Waals surface area contributed by atoms with E-state index in [4.69, 9.17) is 0 Å². The topological polar surface area (TPSA) is 73.0 Å². The Kier molecular flexibility index (Phi) is 11.7. The van der Waals surface area contributed by atoms with Crippen molar-refractivity contribution in [1.29, 1.82) is 0 Å². The molecule has 2 saturated heterocycles. The number of amides is 2. The van der Waals surface area contributed by atoms with Crippen LogP contribution in [0.15, 0.2) is 54.6 Å². The molecule has 2 aromatic carbocycles. The number of rotatable bonds is 6. The first-order valence-corrected chi connectivity index (χ1v) is 14.4. The summed E-state index contributed by atoms with van der Waals surface area (Å²) in [7, 11) is 2.15. The summed E-state index contributed by atoms with van der Waals surface area (Å²) in [5.74, 6) is 0.215. The number of hydrogen-bond acceptors (Lipinski definition) is 5. The summed E-state index contributed by atoms with van der Waals surface area (Å²) < 4.78 is 0. The van der Waals surface area contributed by atoms with E-state index in [1.54, 1.807) is 0 Å². The standard InChI is InChI=1S/C16H22N2O.C8H14N2O2.C8H10/c1-16(2)13-6-4-5-7-14(13)18(15(16)19)12-8-10-17(3)11-9-12;11-6-3-9-8(12)7-10-4-1-2-5-10;1-2-8-6-4-3-5-7-8/h4-7,12H,8-11H2,1-3H3;6H,1-5,7H2,(H,9,12);3-7H,2H2,1H3. The van der Waals surface area contributed by atoms with Crippen molar-refractivity contribution in [3.63, 3.8) is 0 Å². The lowest BCUT2D eigenvalue weighted by Crippen LogP contribution is -2.47. The molecular weight excluding hydrogens is 488 g/mol. The summed E-state index contributed by atoms with van der Waals surface area (Å²) in [6, 6.07) is 19.1. The molecule has 3 aliphatic rings. The fourth-order valence-electron chi connectivity index (χ4n) is 5.42. The Morgan fingerprint density at radius 3 is 2.18 bits per heavy atom. The van der Waals surface area contributed by atoms with Crippen LogP contribution in [-0.2, 0) is 26.2 Å². The Hall–Kier alpha value is -3.03. The van der Waals surface area contributed by atoms with E-state index in [1.165, 1.54) is 24.0 Å². The highest BCUT2D eigenvalue weighted by molar-refractivity contribution is 6.08. The average molecular weight is 535 g/mol. The molecule has 212 valence electrons. The number of aryl methyl sites for hydroxylation is 1. The number of hydrogen-bond donors (Lipinski definition) is 1. The number of piperidine rings is 1. The minimum Gasteiger partial charge on any atom is -0.348 e. The predicted molar refractivity (Wildman–Crippen MR) is 158 cm³/mol. The van der Waals surface area contributed by atoms with Gasteiger partial charge < -0.3 is 19.9 Å². The third-order valence-electron chi connectivity index (χ3n) is 7.84. The normalized spacial score (nSPS) is 18.9. The van der Waals surface area contributed by atoms with Crippen molar-refractivity contribution in [2.24, 2.45) is 0 Å². The fourth-order valence-corrected chi connectivity index (χ4v) is 5.42. The lowest BCUT2D eigenvalue weighted by atomic mass is 9.86. The number of nitrogens with zero attached hydrogens (tertiary/aromatic N) is 3. The molecule has 5 rings (SSSR count). The lowest BCUT2D eigenvalue weighted by molar-refractivity contribution is -0.123. The van der Waals surface area contributed by atoms with Crippen LogP contribution in [0.4, 0.5) is 5.69 Å². The van der Waals surface area contributed by atoms with Gasteiger partial charge in [0.15, 0.2) is 0 Å². The van der Waals surface area contributed by atoms with E-state index in [-0.39, 0.29) is 23.8 Å². The number of likely N-dealkylation sites (tertiary alicyclic amines) is 2. The fraction of sp³-hybridized carbons (Fsp3) is 0.531. The van der Waals surface area contributed by atoms with Crippen LogP contribution < -0.4 is 10.2 Å². The summed E-state index contributed by atoms with van der Waals surface area (Å²) >= 11 is 0. The van der Waals surface area contributed by atoms with Crippen molar-refractivity contribution < 1.29 is 14.4 Å². The quantitative estimate of drug-likeness (QED) is 0.566. The molecule has 0 unspecified atom stereocenters. The van der Waals surface area contributed by atoms with Crippen molar-refractivity contribution >= 4 is 23.8 Å². The van der Waals surface area contributed by atoms with E-state index in [0.717, 1.165) is 51.1 Å². The Morgan fingerprint density at radius 1 is 0.974 bits per heavy atom. The first-order chi connectivity index (χ1) is 18.8. The number of carbonyl (C=O) groups is 3. The molecule has 7 nitrogen and oxygen atoms in total. The molecule has 1 N–H and O–H groups in total. The number of carbonyl (C=O) groups excluding carboxylic acids is 3. The molecule has 0 bridgehead atoms. The summed E-state index contributed by atoms with van der Waals surface area (Å²) in [4.78, 5) is 40.3. The summed E-state index contributed by atoms with van der Waals surface area (Å²) in [6.45, 7) is 11.0. The van der Waals surface area contributed by atoms with Gasteiger partial charge in [-0.05, 0) is 96.4 Å². The molecule has 3 aliphatic heterocycles. The van der Waals surface area contributed by atoms with Gasteiger partial charge in [0.05, 0.1) is 18.5 Å². The molecule has 0 aromatic heterocycles. The first kappa shape index (κ1) is 30.5. The predicted octanol–water partition coefficient (Wildman–Crippen LogP) is 4.05. The second-order valence-electron chi connectivity index (χ2n) is 11.1. The number of anilines is 1. The number of aldehydes is 1. The largest absolute Gasteiger partial charge is 0.348 e. The molecule has 2 amide bonds. The molecule has 0 saturated carbocycles. The monoisotopic (exact) mass is 534 g/mol. The Morgan fingerprint density at radius 2 is 1.59 bits per heavy atom. The first-order valence-electron chi connectivity index (χ1n) is 14.4. The number of benzene rings is 2. The Labute approximate surface area is 234 Å². The minimum absolute atomic E-state index is 0.0519. The SMILES string of the molecule is CCc1ccccc1.CN1CCC(N2C(=O)C(C)(C)c3ccccc32)CC1.O=CCNC(=O)CN1CCCC1. The van der Waals surface area contributed by atoms with Gasteiger partial charge in [-0.3, -0.25) is 14.5 Å². The minimum atomic E-state index is -0.375. The molecule has 3 heterocycles. The van der Waals surface area contributed by atoms with Crippen LogP contribution in [0.5, 0.6) is 0 Å². The van der Waals surface area contributed by atoms with Gasteiger partial charge in [0.1, 0.15) is 6.29 Å². The third-order valence-corrected chi connectivity index (χ3v) is 7.84. The highest BCUT2D eigenvalue weighted by Gasteiger charge is 2.46. The Balaban J connectivity index is 0.000000180. The maximum absolute atomic E-state index is 12.8. The van der Waals surface area contributed by atoms with Gasteiger partial charge in [-0.15, -0.1) is 0 Å². The van der Waals surface area contributed by atoms with E-state index in [2.05, 4.69) is 70.4 Å². The highest BCUT2D eigenvalue weighted by Crippen LogP contribution is 2.43. The molecule has 39 heavy (non-hydrogen) atoms. The van der Waals surface area contributed by atoms with E-state index >= 15 is 0 Å². The van der Waals surface area contributed by atoms with Gasteiger partial charge in [0.2, 0.25) is 11.8 Å². The van der Waals surface area contributed by atoms with Crippen LogP contribution in [0.2, 0.25) is 0 Å². The molecule has 0 radical (unpaired) electrons. The summed E-state index contributed by atoms with van der Waals surface area (Å²) in [5, 5.41) is 2.51. The van der Waals surface area contributed by atoms with Crippen molar-refractivity contribution in [2.45, 2.75) is 64.3 Å². The zero-order chi connectivity index (χ0) is 28.3. The molecule has 7 heteroatoms. The molecular formula is C32H46N4O3. The van der Waals surface area contributed by atoms with E-state index < -0.39 is 0 Å². The van der Waals surface area contributed by atoms with Crippen molar-refractivity contribution in [3.8, 4) is 0 Å². The maximum Gasteiger partial charge on any atom is 0.237 e. The smallest absolute Gasteiger partial charge is 0.237 e.